The quantitative estimate of drug-likeness (QED) is 0.278. The average molecular weight is 731 g/mol. The summed E-state index contributed by atoms with van der Waals surface area (Å²) < 4.78 is 12.6. The molecule has 46 heavy (non-hydrogen) atoms. The molecule has 0 bridgehead atoms. The minimum atomic E-state index is -0.417. The van der Waals surface area contributed by atoms with Crippen LogP contribution in [0.25, 0.3) is 12.5 Å². The first-order valence-corrected chi connectivity index (χ1v) is 15.7. The van der Waals surface area contributed by atoms with Crippen molar-refractivity contribution >= 4 is 12.5 Å². The maximum absolute atomic E-state index is 13.3. The molecule has 3 aromatic rings. The number of halogens is 1. The summed E-state index contributed by atoms with van der Waals surface area (Å²) in [7, 11) is 0. The molecule has 4 rings (SSSR count). The van der Waals surface area contributed by atoms with Gasteiger partial charge in [-0.25, -0.2) is 0 Å². The number of fused-ring (bicyclic) bond motifs is 1. The summed E-state index contributed by atoms with van der Waals surface area (Å²) in [5, 5.41) is 34.0. The van der Waals surface area contributed by atoms with E-state index in [1.807, 2.05) is 62.1 Å². The molecule has 0 N–H and O–H groups in total. The van der Waals surface area contributed by atoms with Gasteiger partial charge in [-0.3, -0.25) is 5.11 Å². The molecule has 0 aliphatic heterocycles. The molecule has 0 spiro atoms. The normalized spacial score (nSPS) is 13.3. The number of ether oxygens (including phenoxy) is 2. The number of nitrogens with zero attached hydrogens (tertiary/aromatic N) is 1. The smallest absolute Gasteiger partial charge is 1.00 e. The van der Waals surface area contributed by atoms with E-state index in [2.05, 4.69) is 36.9 Å². The fourth-order valence-electron chi connectivity index (χ4n) is 5.35. The van der Waals surface area contributed by atoms with E-state index in [4.69, 9.17) is 9.47 Å². The molecule has 3 aromatic carbocycles. The zero-order chi connectivity index (χ0) is 32.7. The Kier molecular flexibility index (Phi) is 21.6. The largest absolute Gasteiger partial charge is 3.00 e. The summed E-state index contributed by atoms with van der Waals surface area (Å²) in [5.74, 6) is 0.0726. The van der Waals surface area contributed by atoms with Crippen molar-refractivity contribution in [2.75, 3.05) is 26.3 Å². The van der Waals surface area contributed by atoms with E-state index in [0.717, 1.165) is 40.0 Å². The van der Waals surface area contributed by atoms with Gasteiger partial charge in [-0.15, -0.1) is 12.2 Å². The van der Waals surface area contributed by atoms with Crippen LogP contribution in [0.5, 0.6) is 0 Å². The third kappa shape index (κ3) is 14.4. The maximum atomic E-state index is 13.3. The Morgan fingerprint density at radius 1 is 0.848 bits per heavy atom. The van der Waals surface area contributed by atoms with E-state index >= 15 is 0 Å². The number of hydrogen-bond donors (Lipinski definition) is 0. The Bertz CT molecular complexity index is 1310. The van der Waals surface area contributed by atoms with Crippen LogP contribution in [0.4, 0.5) is 0 Å². The second kappa shape index (κ2) is 22.6. The summed E-state index contributed by atoms with van der Waals surface area (Å²) in [5.41, 5.74) is 5.58. The molecule has 2 radical (unpaired) electrons. The van der Waals surface area contributed by atoms with Gasteiger partial charge in [0.05, 0.1) is 26.4 Å². The van der Waals surface area contributed by atoms with Crippen molar-refractivity contribution in [2.45, 2.75) is 86.7 Å². The Morgan fingerprint density at radius 2 is 1.26 bits per heavy atom. The van der Waals surface area contributed by atoms with Crippen LogP contribution in [0.1, 0.15) is 69.4 Å². The summed E-state index contributed by atoms with van der Waals surface area (Å²) in [6.45, 7) is 20.6. The zero-order valence-corrected chi connectivity index (χ0v) is 31.9. The van der Waals surface area contributed by atoms with Crippen LogP contribution in [0.15, 0.2) is 66.7 Å². The molecule has 0 saturated heterocycles. The fourth-order valence-corrected chi connectivity index (χ4v) is 5.35. The Hall–Kier alpha value is -1.97. The van der Waals surface area contributed by atoms with Crippen LogP contribution >= 0.6 is 0 Å². The molecular formula is C38H52BrNO5Ti. The summed E-state index contributed by atoms with van der Waals surface area (Å²) in [6, 6.07) is 22.7. The van der Waals surface area contributed by atoms with Gasteiger partial charge in [0.1, 0.15) is 0 Å². The van der Waals surface area contributed by atoms with Crippen molar-refractivity contribution in [1.29, 1.82) is 0 Å². The minimum absolute atomic E-state index is 0. The van der Waals surface area contributed by atoms with Crippen LogP contribution < -0.4 is 37.6 Å². The predicted octanol–water partition coefficient (Wildman–Crippen LogP) is 1.27. The van der Waals surface area contributed by atoms with Gasteiger partial charge >= 0.3 is 21.7 Å². The molecule has 0 aromatic heterocycles. The molecule has 8 heteroatoms. The molecule has 1 aliphatic carbocycles. The molecule has 0 atom stereocenters. The van der Waals surface area contributed by atoms with Crippen molar-refractivity contribution in [2.24, 2.45) is 5.41 Å². The molecular weight excluding hydrogens is 678 g/mol. The maximum Gasteiger partial charge on any atom is 3.00 e. The van der Waals surface area contributed by atoms with E-state index in [1.54, 1.807) is 27.7 Å². The van der Waals surface area contributed by atoms with Gasteiger partial charge in [0.2, 0.25) is 0 Å². The van der Waals surface area contributed by atoms with Crippen LogP contribution in [-0.2, 0) is 62.4 Å². The van der Waals surface area contributed by atoms with Crippen LogP contribution in [0, 0.1) is 12.3 Å². The number of benzene rings is 3. The molecule has 0 unspecified atom stereocenters. The van der Waals surface area contributed by atoms with E-state index in [0.29, 0.717) is 39.5 Å². The van der Waals surface area contributed by atoms with Gasteiger partial charge < -0.3 is 41.6 Å². The second-order valence-corrected chi connectivity index (χ2v) is 12.1. The Labute approximate surface area is 302 Å². The monoisotopic (exact) mass is 729 g/mol. The van der Waals surface area contributed by atoms with E-state index in [1.165, 1.54) is 11.1 Å². The van der Waals surface area contributed by atoms with Gasteiger partial charge in [0.15, 0.2) is 0 Å². The number of aryl methyl sites for hydroxylation is 1. The second-order valence-electron chi connectivity index (χ2n) is 12.1. The van der Waals surface area contributed by atoms with Crippen molar-refractivity contribution in [3.63, 3.8) is 0 Å². The van der Waals surface area contributed by atoms with Gasteiger partial charge in [-0.1, -0.05) is 101 Å². The summed E-state index contributed by atoms with van der Waals surface area (Å²) in [4.78, 5) is 1.87. The number of rotatable bonds is 11. The first kappa shape index (κ1) is 44.0. The fraction of sp³-hybridized carbons (Fsp3) is 0.474. The third-order valence-electron chi connectivity index (χ3n) is 7.26. The van der Waals surface area contributed by atoms with E-state index < -0.39 is 12.2 Å². The Morgan fingerprint density at radius 3 is 1.65 bits per heavy atom. The molecule has 0 heterocycles. The molecule has 250 valence electrons. The third-order valence-corrected chi connectivity index (χ3v) is 7.26. The first-order chi connectivity index (χ1) is 20.9. The van der Waals surface area contributed by atoms with E-state index in [-0.39, 0.29) is 50.0 Å². The molecule has 0 saturated carbocycles. The van der Waals surface area contributed by atoms with Gasteiger partial charge in [-0.05, 0) is 66.6 Å². The minimum Gasteiger partial charge on any atom is -1.00 e. The van der Waals surface area contributed by atoms with E-state index in [9.17, 15) is 15.3 Å². The first-order valence-electron chi connectivity index (χ1n) is 15.7. The van der Waals surface area contributed by atoms with Gasteiger partial charge in [0, 0.05) is 23.7 Å². The summed E-state index contributed by atoms with van der Waals surface area (Å²) in [6.07, 6.45) is 0.818. The average Bonchev–Trinajstić information content (AvgIpc) is 3.33. The topological polar surface area (TPSA) is 87.7 Å². The van der Waals surface area contributed by atoms with Crippen LogP contribution in [0.3, 0.4) is 0 Å². The standard InChI is InChI=1S/C32H38NO3.2C3H7O.BrH.Ti/c1-5-33(6-2)31(34)30-24(3)17-28-18-32(19-29(28)25(30)4,22-35-20-26-13-9-7-10-14-26)23-36-21-27-15-11-8-12-16-27;2*1-3(2)4;;/h7-17H,4-6,18-23H2,1-3H3;2*3H,1-2H3;1H;/q;2*-1;;+3/p-1. The van der Waals surface area contributed by atoms with Crippen molar-refractivity contribution in [3.8, 4) is 0 Å². The predicted molar refractivity (Wildman–Crippen MR) is 175 cm³/mol. The molecule has 0 fully saturated rings. The van der Waals surface area contributed by atoms with Crippen LogP contribution in [0.2, 0.25) is 0 Å². The number of hydrogen-bond acceptors (Lipinski definition) is 5. The zero-order valence-electron chi connectivity index (χ0n) is 28.7. The SMILES string of the molecule is C=c1c2c(cc(C)c1=C([O])N(CC)CC)CC(COCc1ccccc1)(COCc1ccccc1)C2.CC(C)[O-].CC(C)[O-].[Br-].[Ti+3]. The van der Waals surface area contributed by atoms with Crippen LogP contribution in [-0.4, -0.2) is 43.4 Å². The van der Waals surface area contributed by atoms with Crippen molar-refractivity contribution in [3.05, 3.63) is 105 Å². The molecule has 0 amide bonds. The van der Waals surface area contributed by atoms with Gasteiger partial charge in [0.25, 0.3) is 5.88 Å². The summed E-state index contributed by atoms with van der Waals surface area (Å²) >= 11 is 0. The van der Waals surface area contributed by atoms with Gasteiger partial charge in [-0.2, -0.15) is 0 Å². The molecule has 1 aliphatic rings. The molecule has 6 nitrogen and oxygen atoms in total. The van der Waals surface area contributed by atoms with Crippen molar-refractivity contribution in [1.82, 2.24) is 4.90 Å². The van der Waals surface area contributed by atoms with Crippen molar-refractivity contribution < 1.29 is 63.5 Å². The Balaban J connectivity index is 0.00000182.